The van der Waals surface area contributed by atoms with Crippen molar-refractivity contribution in [2.75, 3.05) is 30.9 Å². The maximum atomic E-state index is 11.3. The van der Waals surface area contributed by atoms with Gasteiger partial charge in [0.1, 0.15) is 0 Å². The highest BCUT2D eigenvalue weighted by Crippen LogP contribution is 2.03. The van der Waals surface area contributed by atoms with Gasteiger partial charge in [-0.15, -0.1) is 0 Å². The van der Waals surface area contributed by atoms with E-state index in [4.69, 9.17) is 9.84 Å². The van der Waals surface area contributed by atoms with Crippen molar-refractivity contribution in [2.45, 2.75) is 13.0 Å². The van der Waals surface area contributed by atoms with Crippen LogP contribution in [-0.4, -0.2) is 46.4 Å². The monoisotopic (exact) mass is 259 g/mol. The first kappa shape index (κ1) is 14.0. The van der Waals surface area contributed by atoms with E-state index in [0.717, 1.165) is 0 Å². The molecule has 0 fully saturated rings. The van der Waals surface area contributed by atoms with E-state index in [1.165, 1.54) is 0 Å². The van der Waals surface area contributed by atoms with Crippen molar-refractivity contribution in [3.63, 3.8) is 0 Å². The largest absolute Gasteiger partial charge is 0.394 e. The van der Waals surface area contributed by atoms with Crippen LogP contribution < -0.4 is 5.32 Å². The molecule has 0 aliphatic heterocycles. The molecule has 0 aliphatic carbocycles. The fourth-order valence-electron chi connectivity index (χ4n) is 1.18. The lowest BCUT2D eigenvalue weighted by Gasteiger charge is -2.02. The number of hydrogen-bond donors (Lipinski definition) is 3. The van der Waals surface area contributed by atoms with Gasteiger partial charge in [-0.3, -0.25) is 9.48 Å². The number of aliphatic hydroxyl groups excluding tert-OH is 1. The van der Waals surface area contributed by atoms with E-state index >= 15 is 0 Å². The Bertz CT molecular complexity index is 343. The molecule has 0 saturated heterocycles. The molecule has 1 amide bonds. The zero-order valence-corrected chi connectivity index (χ0v) is 10.4. The summed E-state index contributed by atoms with van der Waals surface area (Å²) in [5.74, 6) is 0.947. The number of aliphatic hydroxyl groups is 1. The molecule has 1 aromatic heterocycles. The predicted octanol–water partition coefficient (Wildman–Crippen LogP) is 0.150. The SMILES string of the molecule is O=C(CCS)Nc1ccn(CCOCCO)n1. The fraction of sp³-hybridized carbons (Fsp3) is 0.600. The minimum atomic E-state index is -0.0956. The number of hydrogen-bond acceptors (Lipinski definition) is 5. The Balaban J connectivity index is 2.29. The van der Waals surface area contributed by atoms with Crippen LogP contribution in [0.3, 0.4) is 0 Å². The summed E-state index contributed by atoms with van der Waals surface area (Å²) < 4.78 is 6.78. The highest BCUT2D eigenvalue weighted by Gasteiger charge is 2.03. The lowest BCUT2D eigenvalue weighted by atomic mass is 10.4. The maximum absolute atomic E-state index is 11.3. The molecular weight excluding hydrogens is 242 g/mol. The van der Waals surface area contributed by atoms with Crippen LogP contribution >= 0.6 is 12.6 Å². The lowest BCUT2D eigenvalue weighted by molar-refractivity contribution is -0.115. The smallest absolute Gasteiger partial charge is 0.226 e. The van der Waals surface area contributed by atoms with Crippen LogP contribution in [0.25, 0.3) is 0 Å². The van der Waals surface area contributed by atoms with Crippen LogP contribution in [0, 0.1) is 0 Å². The molecule has 0 aromatic carbocycles. The highest BCUT2D eigenvalue weighted by molar-refractivity contribution is 7.80. The summed E-state index contributed by atoms with van der Waals surface area (Å²) in [6.45, 7) is 1.41. The normalized spacial score (nSPS) is 10.5. The van der Waals surface area contributed by atoms with E-state index in [-0.39, 0.29) is 12.5 Å². The predicted molar refractivity (Wildman–Crippen MR) is 67.2 cm³/mol. The molecule has 0 radical (unpaired) electrons. The summed E-state index contributed by atoms with van der Waals surface area (Å²) in [7, 11) is 0. The zero-order chi connectivity index (χ0) is 12.5. The van der Waals surface area contributed by atoms with E-state index in [1.54, 1.807) is 16.9 Å². The van der Waals surface area contributed by atoms with Crippen molar-refractivity contribution < 1.29 is 14.6 Å². The van der Waals surface area contributed by atoms with Crippen LogP contribution in [0.5, 0.6) is 0 Å². The molecule has 0 unspecified atom stereocenters. The van der Waals surface area contributed by atoms with Crippen molar-refractivity contribution in [3.8, 4) is 0 Å². The Hall–Kier alpha value is -1.05. The third-order valence-corrected chi connectivity index (χ3v) is 2.17. The molecule has 17 heavy (non-hydrogen) atoms. The second-order valence-corrected chi connectivity index (χ2v) is 3.77. The van der Waals surface area contributed by atoms with Crippen molar-refractivity contribution >= 4 is 24.4 Å². The number of nitrogens with one attached hydrogen (secondary N) is 1. The molecule has 1 heterocycles. The number of thiol groups is 1. The first-order valence-electron chi connectivity index (χ1n) is 5.39. The number of nitrogens with zero attached hydrogens (tertiary/aromatic N) is 2. The molecule has 6 nitrogen and oxygen atoms in total. The van der Waals surface area contributed by atoms with Gasteiger partial charge in [0.15, 0.2) is 5.82 Å². The molecule has 0 atom stereocenters. The molecule has 2 N–H and O–H groups in total. The van der Waals surface area contributed by atoms with E-state index in [1.807, 2.05) is 0 Å². The third-order valence-electron chi connectivity index (χ3n) is 1.95. The number of rotatable bonds is 8. The van der Waals surface area contributed by atoms with E-state index in [9.17, 15) is 4.79 Å². The van der Waals surface area contributed by atoms with Crippen molar-refractivity contribution in [2.24, 2.45) is 0 Å². The second-order valence-electron chi connectivity index (χ2n) is 3.32. The highest BCUT2D eigenvalue weighted by atomic mass is 32.1. The van der Waals surface area contributed by atoms with Gasteiger partial charge < -0.3 is 15.2 Å². The second kappa shape index (κ2) is 8.10. The van der Waals surface area contributed by atoms with E-state index in [0.29, 0.717) is 37.8 Å². The number of aromatic nitrogens is 2. The number of amides is 1. The average Bonchev–Trinajstić information content (AvgIpc) is 2.72. The summed E-state index contributed by atoms with van der Waals surface area (Å²) in [6, 6.07) is 1.72. The van der Waals surface area contributed by atoms with Crippen LogP contribution in [0.1, 0.15) is 6.42 Å². The van der Waals surface area contributed by atoms with Gasteiger partial charge in [-0.25, -0.2) is 0 Å². The van der Waals surface area contributed by atoms with E-state index < -0.39 is 0 Å². The fourth-order valence-corrected chi connectivity index (χ4v) is 1.39. The van der Waals surface area contributed by atoms with Gasteiger partial charge >= 0.3 is 0 Å². The molecule has 7 heteroatoms. The summed E-state index contributed by atoms with van der Waals surface area (Å²) in [6.07, 6.45) is 2.13. The molecule has 0 aliphatic rings. The summed E-state index contributed by atoms with van der Waals surface area (Å²) >= 11 is 3.97. The molecule has 1 rings (SSSR count). The third kappa shape index (κ3) is 5.71. The molecule has 96 valence electrons. The quantitative estimate of drug-likeness (QED) is 0.459. The van der Waals surface area contributed by atoms with Gasteiger partial charge in [0.05, 0.1) is 26.4 Å². The topological polar surface area (TPSA) is 76.4 Å². The number of ether oxygens (including phenoxy) is 1. The Kier molecular flexibility index (Phi) is 6.68. The van der Waals surface area contributed by atoms with Gasteiger partial charge in [-0.1, -0.05) is 0 Å². The molecular formula is C10H17N3O3S. The first-order chi connectivity index (χ1) is 8.26. The first-order valence-corrected chi connectivity index (χ1v) is 6.02. The van der Waals surface area contributed by atoms with Crippen LogP contribution in [-0.2, 0) is 16.1 Å². The Morgan fingerprint density at radius 2 is 2.41 bits per heavy atom. The van der Waals surface area contributed by atoms with Gasteiger partial charge in [-0.05, 0) is 5.75 Å². The van der Waals surface area contributed by atoms with Crippen molar-refractivity contribution in [3.05, 3.63) is 12.3 Å². The van der Waals surface area contributed by atoms with Crippen molar-refractivity contribution in [1.29, 1.82) is 0 Å². The maximum Gasteiger partial charge on any atom is 0.226 e. The van der Waals surface area contributed by atoms with Gasteiger partial charge in [0, 0.05) is 18.7 Å². The molecule has 1 aromatic rings. The lowest BCUT2D eigenvalue weighted by Crippen LogP contribution is -2.13. The van der Waals surface area contributed by atoms with E-state index in [2.05, 4.69) is 23.0 Å². The summed E-state index contributed by atoms with van der Waals surface area (Å²) in [5.41, 5.74) is 0. The van der Waals surface area contributed by atoms with Crippen molar-refractivity contribution in [1.82, 2.24) is 9.78 Å². The van der Waals surface area contributed by atoms with Crippen LogP contribution in [0.2, 0.25) is 0 Å². The van der Waals surface area contributed by atoms with Gasteiger partial charge in [0.25, 0.3) is 0 Å². The minimum Gasteiger partial charge on any atom is -0.394 e. The average molecular weight is 259 g/mol. The summed E-state index contributed by atoms with van der Waals surface area (Å²) in [4.78, 5) is 11.3. The Labute approximate surface area is 105 Å². The van der Waals surface area contributed by atoms with Gasteiger partial charge in [0.2, 0.25) is 5.91 Å². The molecule has 0 spiro atoms. The minimum absolute atomic E-state index is 0.0180. The number of carbonyl (C=O) groups excluding carboxylic acids is 1. The standard InChI is InChI=1S/C10H17N3O3S/c14-5-7-16-6-4-13-3-1-9(12-13)11-10(15)2-8-17/h1,3,14,17H,2,4-8H2,(H,11,12,15). The van der Waals surface area contributed by atoms with Gasteiger partial charge in [-0.2, -0.15) is 17.7 Å². The molecule has 0 saturated carbocycles. The Morgan fingerprint density at radius 1 is 1.59 bits per heavy atom. The zero-order valence-electron chi connectivity index (χ0n) is 9.50. The van der Waals surface area contributed by atoms with Crippen LogP contribution in [0.4, 0.5) is 5.82 Å². The number of anilines is 1. The number of carbonyl (C=O) groups is 1. The Morgan fingerprint density at radius 3 is 3.12 bits per heavy atom. The summed E-state index contributed by atoms with van der Waals surface area (Å²) in [5, 5.41) is 15.3. The molecule has 0 bridgehead atoms. The van der Waals surface area contributed by atoms with Crippen LogP contribution in [0.15, 0.2) is 12.3 Å².